The Bertz CT molecular complexity index is 938. The highest BCUT2D eigenvalue weighted by molar-refractivity contribution is 6.89. The molecule has 0 saturated heterocycles. The molecular formula is C24H26O3Si. The third kappa shape index (κ3) is 4.39. The van der Waals surface area contributed by atoms with Gasteiger partial charge in [-0.05, 0) is 48.4 Å². The van der Waals surface area contributed by atoms with Gasteiger partial charge in [0.05, 0.1) is 8.07 Å². The first-order valence-electron chi connectivity index (χ1n) is 9.82. The Morgan fingerprint density at radius 2 is 1.61 bits per heavy atom. The Balaban J connectivity index is 1.36. The summed E-state index contributed by atoms with van der Waals surface area (Å²) in [5.74, 6) is 3.53. The number of para-hydroxylation sites is 1. The highest BCUT2D eigenvalue weighted by atomic mass is 28.3. The third-order valence-corrected chi connectivity index (χ3v) is 8.78. The van der Waals surface area contributed by atoms with Gasteiger partial charge in [0.15, 0.2) is 11.5 Å². The summed E-state index contributed by atoms with van der Waals surface area (Å²) in [4.78, 5) is 0. The molecule has 3 aromatic rings. The standard InChI is InChI=1S/C24H26O3Si/c1-28(2,22-13-14-23-24(17-22)26-18-25-23)15-7-9-19-8-6-12-21(16-19)27-20-10-4-3-5-11-20/h3-6,8,10-14,16-17H,7,9,15,18H2,1-2H3. The Morgan fingerprint density at radius 3 is 2.46 bits per heavy atom. The predicted octanol–water partition coefficient (Wildman–Crippen LogP) is 5.76. The van der Waals surface area contributed by atoms with E-state index in [0.29, 0.717) is 6.79 Å². The van der Waals surface area contributed by atoms with Crippen LogP contribution in [0.15, 0.2) is 72.8 Å². The van der Waals surface area contributed by atoms with Gasteiger partial charge in [0.25, 0.3) is 0 Å². The van der Waals surface area contributed by atoms with E-state index in [0.717, 1.165) is 29.4 Å². The summed E-state index contributed by atoms with van der Waals surface area (Å²) in [6.07, 6.45) is 2.23. The lowest BCUT2D eigenvalue weighted by molar-refractivity contribution is 0.174. The molecule has 0 N–H and O–H groups in total. The van der Waals surface area contributed by atoms with Crippen LogP contribution in [0.2, 0.25) is 19.1 Å². The molecule has 0 fully saturated rings. The zero-order chi connectivity index (χ0) is 19.4. The van der Waals surface area contributed by atoms with Crippen molar-refractivity contribution >= 4 is 13.3 Å². The van der Waals surface area contributed by atoms with Gasteiger partial charge in [-0.25, -0.2) is 0 Å². The van der Waals surface area contributed by atoms with Crippen molar-refractivity contribution in [3.05, 3.63) is 78.4 Å². The lowest BCUT2D eigenvalue weighted by Crippen LogP contribution is -2.41. The smallest absolute Gasteiger partial charge is 0.231 e. The molecule has 1 aliphatic heterocycles. The zero-order valence-corrected chi connectivity index (χ0v) is 17.5. The van der Waals surface area contributed by atoms with Crippen molar-refractivity contribution in [1.82, 2.24) is 0 Å². The molecule has 28 heavy (non-hydrogen) atoms. The third-order valence-electron chi connectivity index (χ3n) is 5.30. The normalized spacial score (nSPS) is 12.8. The molecule has 4 heteroatoms. The molecule has 1 heterocycles. The van der Waals surface area contributed by atoms with Crippen molar-refractivity contribution in [2.24, 2.45) is 0 Å². The van der Waals surface area contributed by atoms with Crippen LogP contribution in [0.1, 0.15) is 12.0 Å². The molecule has 0 spiro atoms. The van der Waals surface area contributed by atoms with E-state index < -0.39 is 8.07 Å². The number of fused-ring (bicyclic) bond motifs is 1. The van der Waals surface area contributed by atoms with Crippen molar-refractivity contribution in [2.75, 3.05) is 6.79 Å². The summed E-state index contributed by atoms with van der Waals surface area (Å²) < 4.78 is 17.0. The van der Waals surface area contributed by atoms with Crippen LogP contribution in [0.4, 0.5) is 0 Å². The lowest BCUT2D eigenvalue weighted by Gasteiger charge is -2.23. The monoisotopic (exact) mass is 390 g/mol. The maximum Gasteiger partial charge on any atom is 0.231 e. The van der Waals surface area contributed by atoms with Crippen molar-refractivity contribution < 1.29 is 14.2 Å². The number of rotatable bonds is 7. The molecular weight excluding hydrogens is 364 g/mol. The van der Waals surface area contributed by atoms with Crippen LogP contribution in [0, 0.1) is 0 Å². The Labute approximate surface area is 167 Å². The van der Waals surface area contributed by atoms with E-state index in [9.17, 15) is 0 Å². The quantitative estimate of drug-likeness (QED) is 0.480. The molecule has 3 aromatic carbocycles. The van der Waals surface area contributed by atoms with E-state index in [2.05, 4.69) is 49.5 Å². The first-order chi connectivity index (χ1) is 13.6. The first kappa shape index (κ1) is 18.6. The van der Waals surface area contributed by atoms with Crippen LogP contribution in [0.3, 0.4) is 0 Å². The molecule has 0 radical (unpaired) electrons. The number of aryl methyl sites for hydroxylation is 1. The number of benzene rings is 3. The summed E-state index contributed by atoms with van der Waals surface area (Å²) in [5, 5.41) is 1.43. The van der Waals surface area contributed by atoms with E-state index >= 15 is 0 Å². The van der Waals surface area contributed by atoms with Crippen LogP contribution in [-0.4, -0.2) is 14.9 Å². The second-order valence-corrected chi connectivity index (χ2v) is 12.7. The van der Waals surface area contributed by atoms with Crippen LogP contribution in [-0.2, 0) is 6.42 Å². The molecule has 1 aliphatic rings. The summed E-state index contributed by atoms with van der Waals surface area (Å²) in [6, 6.07) is 26.0. The van der Waals surface area contributed by atoms with Gasteiger partial charge in [-0.15, -0.1) is 0 Å². The molecule has 0 aliphatic carbocycles. The van der Waals surface area contributed by atoms with Crippen LogP contribution in [0.25, 0.3) is 0 Å². The lowest BCUT2D eigenvalue weighted by atomic mass is 10.1. The fourth-order valence-electron chi connectivity index (χ4n) is 3.59. The number of ether oxygens (including phenoxy) is 3. The molecule has 4 rings (SSSR count). The molecule has 0 saturated carbocycles. The van der Waals surface area contributed by atoms with Gasteiger partial charge in [-0.2, -0.15) is 0 Å². The summed E-state index contributed by atoms with van der Waals surface area (Å²) in [5.41, 5.74) is 1.32. The van der Waals surface area contributed by atoms with Gasteiger partial charge in [0.2, 0.25) is 6.79 Å². The van der Waals surface area contributed by atoms with Crippen molar-refractivity contribution in [1.29, 1.82) is 0 Å². The highest BCUT2D eigenvalue weighted by Crippen LogP contribution is 2.31. The SMILES string of the molecule is C[Si](C)(CCCc1cccc(Oc2ccccc2)c1)c1ccc2c(c1)OCO2. The fraction of sp³-hybridized carbons (Fsp3) is 0.250. The van der Waals surface area contributed by atoms with Gasteiger partial charge in [-0.3, -0.25) is 0 Å². The van der Waals surface area contributed by atoms with Gasteiger partial charge in [-0.1, -0.05) is 67.1 Å². The molecule has 0 amide bonds. The Kier molecular flexibility index (Phi) is 5.40. The van der Waals surface area contributed by atoms with Gasteiger partial charge in [0, 0.05) is 0 Å². The fourth-order valence-corrected chi connectivity index (χ4v) is 5.99. The van der Waals surface area contributed by atoms with Gasteiger partial charge >= 0.3 is 0 Å². The maximum atomic E-state index is 5.96. The highest BCUT2D eigenvalue weighted by Gasteiger charge is 2.25. The molecule has 0 bridgehead atoms. The topological polar surface area (TPSA) is 27.7 Å². The van der Waals surface area contributed by atoms with E-state index in [-0.39, 0.29) is 0 Å². The van der Waals surface area contributed by atoms with Crippen LogP contribution in [0.5, 0.6) is 23.0 Å². The van der Waals surface area contributed by atoms with Crippen molar-refractivity contribution in [2.45, 2.75) is 32.0 Å². The molecule has 3 nitrogen and oxygen atoms in total. The largest absolute Gasteiger partial charge is 0.457 e. The van der Waals surface area contributed by atoms with Gasteiger partial charge < -0.3 is 14.2 Å². The average Bonchev–Trinajstić information content (AvgIpc) is 3.17. The maximum absolute atomic E-state index is 5.96. The van der Waals surface area contributed by atoms with E-state index in [1.54, 1.807) is 0 Å². The Morgan fingerprint density at radius 1 is 0.821 bits per heavy atom. The Hall–Kier alpha value is -2.72. The summed E-state index contributed by atoms with van der Waals surface area (Å²) >= 11 is 0. The van der Waals surface area contributed by atoms with Crippen LogP contribution >= 0.6 is 0 Å². The molecule has 0 atom stereocenters. The first-order valence-corrected chi connectivity index (χ1v) is 13.0. The van der Waals surface area contributed by atoms with Gasteiger partial charge in [0.1, 0.15) is 11.5 Å². The number of hydrogen-bond donors (Lipinski definition) is 0. The summed E-state index contributed by atoms with van der Waals surface area (Å²) in [7, 11) is -1.52. The van der Waals surface area contributed by atoms with E-state index in [1.165, 1.54) is 23.2 Å². The van der Waals surface area contributed by atoms with Crippen molar-refractivity contribution in [3.8, 4) is 23.0 Å². The minimum absolute atomic E-state index is 0.335. The predicted molar refractivity (Wildman–Crippen MR) is 116 cm³/mol. The minimum atomic E-state index is -1.52. The molecule has 0 aromatic heterocycles. The second-order valence-electron chi connectivity index (χ2n) is 7.87. The molecule has 0 unspecified atom stereocenters. The van der Waals surface area contributed by atoms with Crippen LogP contribution < -0.4 is 19.4 Å². The summed E-state index contributed by atoms with van der Waals surface area (Å²) in [6.45, 7) is 5.20. The molecule has 144 valence electrons. The minimum Gasteiger partial charge on any atom is -0.457 e. The number of hydrogen-bond acceptors (Lipinski definition) is 3. The van der Waals surface area contributed by atoms with E-state index in [1.807, 2.05) is 36.4 Å². The zero-order valence-electron chi connectivity index (χ0n) is 16.5. The second kappa shape index (κ2) is 8.11. The van der Waals surface area contributed by atoms with Crippen molar-refractivity contribution in [3.63, 3.8) is 0 Å². The van der Waals surface area contributed by atoms with E-state index in [4.69, 9.17) is 14.2 Å². The average molecular weight is 391 g/mol.